The highest BCUT2D eigenvalue weighted by atomic mass is 35.5. The first-order valence-electron chi connectivity index (χ1n) is 6.66. The van der Waals surface area contributed by atoms with Gasteiger partial charge in [0.05, 0.1) is 0 Å². The van der Waals surface area contributed by atoms with Crippen molar-refractivity contribution in [2.45, 2.75) is 26.2 Å². The van der Waals surface area contributed by atoms with Crippen molar-refractivity contribution in [3.8, 4) is 17.2 Å². The predicted molar refractivity (Wildman–Crippen MR) is 82.2 cm³/mol. The predicted octanol–water partition coefficient (Wildman–Crippen LogP) is 4.17. The molecule has 0 radical (unpaired) electrons. The summed E-state index contributed by atoms with van der Waals surface area (Å²) in [5.74, 6) is 1.02. The number of halogens is 1. The highest BCUT2D eigenvalue weighted by molar-refractivity contribution is 6.30. The van der Waals surface area contributed by atoms with Crippen LogP contribution in [0.5, 0.6) is 17.2 Å². The van der Waals surface area contributed by atoms with Crippen LogP contribution in [0.4, 0.5) is 5.69 Å². The lowest BCUT2D eigenvalue weighted by Crippen LogP contribution is -2.29. The summed E-state index contributed by atoms with van der Waals surface area (Å²) in [6.07, 6.45) is 0. The third kappa shape index (κ3) is 3.00. The van der Waals surface area contributed by atoms with Crippen molar-refractivity contribution in [1.82, 2.24) is 0 Å². The monoisotopic (exact) mass is 305 g/mol. The van der Waals surface area contributed by atoms with Crippen LogP contribution in [0.1, 0.15) is 19.4 Å². The van der Waals surface area contributed by atoms with Crippen LogP contribution in [-0.4, -0.2) is 10.9 Å². The molecule has 4 nitrogen and oxygen atoms in total. The molecular formula is C16H16ClNO3. The maximum absolute atomic E-state index is 9.79. The maximum Gasteiger partial charge on any atom is 0.246 e. The van der Waals surface area contributed by atoms with Gasteiger partial charge in [0.2, 0.25) is 5.79 Å². The normalized spacial score (nSPS) is 15.0. The fraction of sp³-hybridized carbons (Fsp3) is 0.250. The number of phenols is 1. The van der Waals surface area contributed by atoms with E-state index in [1.807, 2.05) is 32.0 Å². The lowest BCUT2D eigenvalue weighted by molar-refractivity contribution is -0.0431. The highest BCUT2D eigenvalue weighted by Gasteiger charge is 2.31. The van der Waals surface area contributed by atoms with Gasteiger partial charge in [-0.2, -0.15) is 0 Å². The van der Waals surface area contributed by atoms with Gasteiger partial charge in [-0.1, -0.05) is 11.6 Å². The minimum Gasteiger partial charge on any atom is -0.508 e. The van der Waals surface area contributed by atoms with Crippen molar-refractivity contribution in [1.29, 1.82) is 0 Å². The number of anilines is 1. The average molecular weight is 306 g/mol. The SMILES string of the molecule is CC1(C)Oc2ccc(NCc3cc(Cl)ccc3O)cc2O1. The van der Waals surface area contributed by atoms with Gasteiger partial charge in [-0.15, -0.1) is 0 Å². The molecule has 2 aromatic carbocycles. The van der Waals surface area contributed by atoms with Crippen LogP contribution in [-0.2, 0) is 6.54 Å². The molecule has 21 heavy (non-hydrogen) atoms. The second-order valence-corrected chi connectivity index (χ2v) is 5.83. The van der Waals surface area contributed by atoms with Gasteiger partial charge in [0, 0.05) is 42.7 Å². The second-order valence-electron chi connectivity index (χ2n) is 5.39. The zero-order valence-corrected chi connectivity index (χ0v) is 12.6. The Labute approximate surface area is 128 Å². The zero-order chi connectivity index (χ0) is 15.0. The molecule has 1 aliphatic heterocycles. The first-order valence-corrected chi connectivity index (χ1v) is 7.04. The van der Waals surface area contributed by atoms with Gasteiger partial charge in [0.15, 0.2) is 11.5 Å². The topological polar surface area (TPSA) is 50.7 Å². The van der Waals surface area contributed by atoms with Crippen molar-refractivity contribution in [3.63, 3.8) is 0 Å². The van der Waals surface area contributed by atoms with Crippen LogP contribution in [0.3, 0.4) is 0 Å². The van der Waals surface area contributed by atoms with E-state index in [-0.39, 0.29) is 5.75 Å². The third-order valence-electron chi connectivity index (χ3n) is 3.18. The Morgan fingerprint density at radius 1 is 1.10 bits per heavy atom. The average Bonchev–Trinajstić information content (AvgIpc) is 2.72. The van der Waals surface area contributed by atoms with E-state index in [1.165, 1.54) is 0 Å². The van der Waals surface area contributed by atoms with Crippen molar-refractivity contribution in [2.75, 3.05) is 5.32 Å². The highest BCUT2D eigenvalue weighted by Crippen LogP contribution is 2.40. The Balaban J connectivity index is 1.74. The van der Waals surface area contributed by atoms with E-state index in [2.05, 4.69) is 5.32 Å². The van der Waals surface area contributed by atoms with E-state index < -0.39 is 5.79 Å². The zero-order valence-electron chi connectivity index (χ0n) is 11.8. The van der Waals surface area contributed by atoms with Crippen LogP contribution < -0.4 is 14.8 Å². The number of hydrogen-bond acceptors (Lipinski definition) is 4. The fourth-order valence-electron chi connectivity index (χ4n) is 2.23. The number of benzene rings is 2. The standard InChI is InChI=1S/C16H16ClNO3/c1-16(2)20-14-6-4-12(8-15(14)21-16)18-9-10-7-11(17)3-5-13(10)19/h3-8,18-19H,9H2,1-2H3. The molecule has 0 spiro atoms. The summed E-state index contributed by atoms with van der Waals surface area (Å²) >= 11 is 5.93. The molecule has 2 aromatic rings. The fourth-order valence-corrected chi connectivity index (χ4v) is 2.42. The molecule has 0 saturated heterocycles. The molecule has 0 atom stereocenters. The number of ether oxygens (including phenoxy) is 2. The van der Waals surface area contributed by atoms with Crippen LogP contribution in [0.15, 0.2) is 36.4 Å². The molecule has 5 heteroatoms. The van der Waals surface area contributed by atoms with E-state index in [1.54, 1.807) is 18.2 Å². The molecule has 0 aromatic heterocycles. The molecule has 1 aliphatic rings. The minimum atomic E-state index is -0.633. The summed E-state index contributed by atoms with van der Waals surface area (Å²) < 4.78 is 11.3. The smallest absolute Gasteiger partial charge is 0.246 e. The van der Waals surface area contributed by atoms with Gasteiger partial charge in [-0.25, -0.2) is 0 Å². The van der Waals surface area contributed by atoms with Crippen LogP contribution >= 0.6 is 11.6 Å². The number of phenolic OH excluding ortho intramolecular Hbond substituents is 1. The van der Waals surface area contributed by atoms with Crippen LogP contribution in [0.25, 0.3) is 0 Å². The van der Waals surface area contributed by atoms with Gasteiger partial charge in [0.25, 0.3) is 0 Å². The van der Waals surface area contributed by atoms with Gasteiger partial charge in [-0.05, 0) is 30.3 Å². The Hall–Kier alpha value is -2.07. The lowest BCUT2D eigenvalue weighted by Gasteiger charge is -2.16. The van der Waals surface area contributed by atoms with E-state index >= 15 is 0 Å². The number of fused-ring (bicyclic) bond motifs is 1. The van der Waals surface area contributed by atoms with Crippen molar-refractivity contribution < 1.29 is 14.6 Å². The Morgan fingerprint density at radius 3 is 2.67 bits per heavy atom. The minimum absolute atomic E-state index is 0.216. The summed E-state index contributed by atoms with van der Waals surface area (Å²) in [5, 5.41) is 13.6. The number of aromatic hydroxyl groups is 1. The molecular weight excluding hydrogens is 290 g/mol. The molecule has 2 N–H and O–H groups in total. The second kappa shape index (κ2) is 5.04. The van der Waals surface area contributed by atoms with Crippen LogP contribution in [0, 0.1) is 0 Å². The molecule has 3 rings (SSSR count). The summed E-state index contributed by atoms with van der Waals surface area (Å²) in [5.41, 5.74) is 1.62. The van der Waals surface area contributed by atoms with Gasteiger partial charge in [0.1, 0.15) is 5.75 Å². The van der Waals surface area contributed by atoms with E-state index in [9.17, 15) is 5.11 Å². The van der Waals surface area contributed by atoms with E-state index in [4.69, 9.17) is 21.1 Å². The molecule has 0 unspecified atom stereocenters. The van der Waals surface area contributed by atoms with Crippen molar-refractivity contribution in [3.05, 3.63) is 47.0 Å². The summed E-state index contributed by atoms with van der Waals surface area (Å²) in [7, 11) is 0. The first-order chi connectivity index (χ1) is 9.93. The Bertz CT molecular complexity index is 685. The number of nitrogens with one attached hydrogen (secondary N) is 1. The molecule has 0 bridgehead atoms. The van der Waals surface area contributed by atoms with Gasteiger partial charge in [-0.3, -0.25) is 0 Å². The first kappa shape index (κ1) is 13.9. The molecule has 1 heterocycles. The van der Waals surface area contributed by atoms with E-state index in [0.717, 1.165) is 17.0 Å². The van der Waals surface area contributed by atoms with Crippen LogP contribution in [0.2, 0.25) is 5.02 Å². The summed E-state index contributed by atoms with van der Waals surface area (Å²) in [6.45, 7) is 4.20. The maximum atomic E-state index is 9.79. The Kier molecular flexibility index (Phi) is 3.33. The quantitative estimate of drug-likeness (QED) is 0.894. The summed E-state index contributed by atoms with van der Waals surface area (Å²) in [6, 6.07) is 10.6. The van der Waals surface area contributed by atoms with Crippen molar-refractivity contribution >= 4 is 17.3 Å². The summed E-state index contributed by atoms with van der Waals surface area (Å²) in [4.78, 5) is 0. The molecule has 0 fully saturated rings. The third-order valence-corrected chi connectivity index (χ3v) is 3.41. The number of rotatable bonds is 3. The Morgan fingerprint density at radius 2 is 1.86 bits per heavy atom. The lowest BCUT2D eigenvalue weighted by atomic mass is 10.2. The van der Waals surface area contributed by atoms with Gasteiger partial charge < -0.3 is 19.9 Å². The number of hydrogen-bond donors (Lipinski definition) is 2. The largest absolute Gasteiger partial charge is 0.508 e. The van der Waals surface area contributed by atoms with E-state index in [0.29, 0.717) is 17.3 Å². The molecule has 110 valence electrons. The molecule has 0 amide bonds. The van der Waals surface area contributed by atoms with Crippen molar-refractivity contribution in [2.24, 2.45) is 0 Å². The van der Waals surface area contributed by atoms with Gasteiger partial charge >= 0.3 is 0 Å². The molecule has 0 saturated carbocycles. The molecule has 0 aliphatic carbocycles.